The molecular weight excluding hydrogens is 438 g/mol. The number of likely N-dealkylation sites (tertiary alicyclic amines) is 1. The maximum Gasteiger partial charge on any atom is 0.259 e. The molecular formula is C25H22F2N6O. The van der Waals surface area contributed by atoms with Crippen LogP contribution in [0.15, 0.2) is 55.0 Å². The molecule has 0 radical (unpaired) electrons. The topological polar surface area (TPSA) is 67.2 Å². The number of rotatable bonds is 3. The van der Waals surface area contributed by atoms with Crippen molar-refractivity contribution in [3.05, 3.63) is 77.8 Å². The lowest BCUT2D eigenvalue weighted by atomic mass is 9.82. The summed E-state index contributed by atoms with van der Waals surface area (Å²) in [5.74, 6) is -0.304. The van der Waals surface area contributed by atoms with Gasteiger partial charge in [-0.25, -0.2) is 18.4 Å². The number of fused-ring (bicyclic) bond motifs is 2. The number of aryl methyl sites for hydroxylation is 1. The molecule has 2 atom stereocenters. The number of hydrogen-bond donors (Lipinski definition) is 0. The third-order valence-electron chi connectivity index (χ3n) is 6.92. The fraction of sp³-hybridized carbons (Fsp3) is 0.280. The molecule has 4 aromatic rings. The molecule has 0 unspecified atom stereocenters. The second kappa shape index (κ2) is 7.86. The van der Waals surface area contributed by atoms with E-state index in [0.29, 0.717) is 41.6 Å². The molecule has 7 nitrogen and oxygen atoms in total. The van der Waals surface area contributed by atoms with E-state index in [1.54, 1.807) is 60.7 Å². The van der Waals surface area contributed by atoms with Crippen molar-refractivity contribution in [1.29, 1.82) is 0 Å². The Morgan fingerprint density at radius 2 is 2.00 bits per heavy atom. The van der Waals surface area contributed by atoms with Gasteiger partial charge in [-0.2, -0.15) is 5.10 Å². The summed E-state index contributed by atoms with van der Waals surface area (Å²) in [5, 5.41) is 4.19. The average molecular weight is 460 g/mol. The lowest BCUT2D eigenvalue weighted by Gasteiger charge is -2.53. The first kappa shape index (κ1) is 20.7. The highest BCUT2D eigenvalue weighted by Crippen LogP contribution is 2.37. The van der Waals surface area contributed by atoms with Crippen LogP contribution in [-0.2, 0) is 0 Å². The van der Waals surface area contributed by atoms with Gasteiger partial charge in [0.15, 0.2) is 5.82 Å². The zero-order valence-electron chi connectivity index (χ0n) is 18.5. The first-order chi connectivity index (χ1) is 16.5. The molecule has 0 N–H and O–H groups in total. The minimum Gasteiger partial charge on any atom is -0.350 e. The molecule has 0 saturated carbocycles. The van der Waals surface area contributed by atoms with Gasteiger partial charge in [-0.1, -0.05) is 12.1 Å². The second-order valence-corrected chi connectivity index (χ2v) is 8.90. The molecule has 34 heavy (non-hydrogen) atoms. The maximum atomic E-state index is 15.2. The highest BCUT2D eigenvalue weighted by molar-refractivity contribution is 5.98. The molecule has 1 amide bonds. The highest BCUT2D eigenvalue weighted by Gasteiger charge is 2.45. The predicted molar refractivity (Wildman–Crippen MR) is 123 cm³/mol. The minimum atomic E-state index is -0.526. The molecule has 2 fully saturated rings. The van der Waals surface area contributed by atoms with Crippen molar-refractivity contribution in [1.82, 2.24) is 24.6 Å². The Morgan fingerprint density at radius 1 is 1.12 bits per heavy atom. The summed E-state index contributed by atoms with van der Waals surface area (Å²) in [6, 6.07) is 9.84. The summed E-state index contributed by atoms with van der Waals surface area (Å²) in [7, 11) is 0. The van der Waals surface area contributed by atoms with E-state index in [1.165, 1.54) is 10.7 Å². The number of anilines is 1. The van der Waals surface area contributed by atoms with Crippen molar-refractivity contribution in [3.8, 4) is 5.69 Å². The summed E-state index contributed by atoms with van der Waals surface area (Å²) >= 11 is 0. The van der Waals surface area contributed by atoms with Crippen LogP contribution < -0.4 is 4.90 Å². The number of carbonyl (C=O) groups is 1. The molecule has 2 aliphatic rings. The number of benzene rings is 2. The third-order valence-corrected chi connectivity index (χ3v) is 6.92. The number of amides is 1. The SMILES string of the molecule is Cc1ccc(-n2cccn2)c(C(=O)N2CC[C@H]3CN(c4cnc5cccc(F)c5n4)[C@@H]3C2)c1F. The standard InChI is InChI=1S/C25H22F2N6O/c1-15-6-7-19(33-10-3-9-29-33)22(23(15)27)25(34)31-11-8-16-13-32(20(16)14-31)21-12-28-18-5-2-4-17(26)24(18)30-21/h2-7,9-10,12,16,20H,8,11,13-14H2,1H3/t16-,20+/m0/s1. The number of halogens is 2. The van der Waals surface area contributed by atoms with Crippen molar-refractivity contribution in [3.63, 3.8) is 0 Å². The summed E-state index contributed by atoms with van der Waals surface area (Å²) in [6.07, 6.45) is 5.75. The molecule has 6 rings (SSSR count). The van der Waals surface area contributed by atoms with E-state index in [4.69, 9.17) is 0 Å². The van der Waals surface area contributed by atoms with E-state index < -0.39 is 11.6 Å². The van der Waals surface area contributed by atoms with Gasteiger partial charge >= 0.3 is 0 Å². The van der Waals surface area contributed by atoms with Crippen LogP contribution in [0.5, 0.6) is 0 Å². The minimum absolute atomic E-state index is 0.0252. The van der Waals surface area contributed by atoms with Crippen LogP contribution in [0.1, 0.15) is 22.3 Å². The first-order valence-electron chi connectivity index (χ1n) is 11.3. The number of piperidine rings is 1. The van der Waals surface area contributed by atoms with Gasteiger partial charge in [-0.05, 0) is 43.2 Å². The predicted octanol–water partition coefficient (Wildman–Crippen LogP) is 3.75. The zero-order valence-corrected chi connectivity index (χ0v) is 18.5. The van der Waals surface area contributed by atoms with E-state index in [2.05, 4.69) is 20.0 Å². The molecule has 2 aliphatic heterocycles. The fourth-order valence-corrected chi connectivity index (χ4v) is 5.01. The Hall–Kier alpha value is -3.88. The second-order valence-electron chi connectivity index (χ2n) is 8.90. The monoisotopic (exact) mass is 460 g/mol. The smallest absolute Gasteiger partial charge is 0.259 e. The van der Waals surface area contributed by atoms with Gasteiger partial charge in [0.2, 0.25) is 0 Å². The number of aromatic nitrogens is 4. The Labute approximate surface area is 194 Å². The molecule has 0 aliphatic carbocycles. The molecule has 2 aromatic heterocycles. The van der Waals surface area contributed by atoms with E-state index >= 15 is 4.39 Å². The third kappa shape index (κ3) is 3.22. The van der Waals surface area contributed by atoms with Crippen molar-refractivity contribution in [2.45, 2.75) is 19.4 Å². The van der Waals surface area contributed by atoms with Crippen molar-refractivity contribution in [2.24, 2.45) is 5.92 Å². The van der Waals surface area contributed by atoms with E-state index in [1.807, 2.05) is 0 Å². The Balaban J connectivity index is 1.29. The van der Waals surface area contributed by atoms with Crippen LogP contribution >= 0.6 is 0 Å². The molecule has 4 heterocycles. The van der Waals surface area contributed by atoms with E-state index in [-0.39, 0.29) is 23.0 Å². The van der Waals surface area contributed by atoms with Crippen molar-refractivity contribution >= 4 is 22.8 Å². The van der Waals surface area contributed by atoms with Gasteiger partial charge in [0.1, 0.15) is 22.7 Å². The Morgan fingerprint density at radius 3 is 2.82 bits per heavy atom. The quantitative estimate of drug-likeness (QED) is 0.466. The zero-order chi connectivity index (χ0) is 23.4. The lowest BCUT2D eigenvalue weighted by molar-refractivity contribution is 0.0586. The van der Waals surface area contributed by atoms with Crippen LogP contribution in [0, 0.1) is 24.5 Å². The van der Waals surface area contributed by atoms with Gasteiger partial charge < -0.3 is 9.80 Å². The molecule has 0 spiro atoms. The molecule has 9 heteroatoms. The van der Waals surface area contributed by atoms with Crippen LogP contribution in [0.4, 0.5) is 14.6 Å². The number of para-hydroxylation sites is 1. The normalized spacial score (nSPS) is 19.7. The number of hydrogen-bond acceptors (Lipinski definition) is 5. The first-order valence-corrected chi connectivity index (χ1v) is 11.3. The summed E-state index contributed by atoms with van der Waals surface area (Å²) in [4.78, 5) is 26.2. The van der Waals surface area contributed by atoms with Gasteiger partial charge in [-0.15, -0.1) is 0 Å². The van der Waals surface area contributed by atoms with Gasteiger partial charge in [0.05, 0.1) is 23.4 Å². The molecule has 172 valence electrons. The number of carbonyl (C=O) groups excluding carboxylic acids is 1. The molecule has 2 saturated heterocycles. The van der Waals surface area contributed by atoms with Gasteiger partial charge in [-0.3, -0.25) is 9.78 Å². The number of nitrogens with zero attached hydrogens (tertiary/aromatic N) is 6. The Kier molecular flexibility index (Phi) is 4.79. The van der Waals surface area contributed by atoms with E-state index in [9.17, 15) is 9.18 Å². The maximum absolute atomic E-state index is 15.2. The highest BCUT2D eigenvalue weighted by atomic mass is 19.1. The summed E-state index contributed by atoms with van der Waals surface area (Å²) in [5.41, 5.74) is 1.59. The average Bonchev–Trinajstić information content (AvgIpc) is 3.36. The van der Waals surface area contributed by atoms with Gasteiger partial charge in [0.25, 0.3) is 5.91 Å². The van der Waals surface area contributed by atoms with Crippen LogP contribution in [0.2, 0.25) is 0 Å². The summed E-state index contributed by atoms with van der Waals surface area (Å²) < 4.78 is 31.0. The van der Waals surface area contributed by atoms with Crippen LogP contribution in [0.3, 0.4) is 0 Å². The van der Waals surface area contributed by atoms with Crippen molar-refractivity contribution < 1.29 is 13.6 Å². The largest absolute Gasteiger partial charge is 0.350 e. The summed E-state index contributed by atoms with van der Waals surface area (Å²) in [6.45, 7) is 3.42. The van der Waals surface area contributed by atoms with Gasteiger partial charge in [0, 0.05) is 37.9 Å². The lowest BCUT2D eigenvalue weighted by Crippen LogP contribution is -2.65. The molecule has 2 aromatic carbocycles. The Bertz CT molecular complexity index is 1410. The van der Waals surface area contributed by atoms with Crippen LogP contribution in [-0.4, -0.2) is 56.2 Å². The molecule has 0 bridgehead atoms. The van der Waals surface area contributed by atoms with Crippen LogP contribution in [0.25, 0.3) is 16.7 Å². The van der Waals surface area contributed by atoms with E-state index in [0.717, 1.165) is 13.0 Å². The van der Waals surface area contributed by atoms with Crippen molar-refractivity contribution in [2.75, 3.05) is 24.5 Å². The fourth-order valence-electron chi connectivity index (χ4n) is 5.01.